The van der Waals surface area contributed by atoms with E-state index in [9.17, 15) is 4.21 Å². The van der Waals surface area contributed by atoms with E-state index >= 15 is 0 Å². The smallest absolute Gasteiger partial charge is 0.0504 e. The van der Waals surface area contributed by atoms with Gasteiger partial charge in [0.05, 0.1) is 5.25 Å². The summed E-state index contributed by atoms with van der Waals surface area (Å²) in [6.07, 6.45) is 3.23. The zero-order chi connectivity index (χ0) is 10.1. The molecular formula is C10H21NOS. The Bertz CT molecular complexity index is 203. The quantitative estimate of drug-likeness (QED) is 0.741. The molecule has 0 spiro atoms. The molecule has 2 nitrogen and oxygen atoms in total. The van der Waals surface area contributed by atoms with Crippen LogP contribution in [0.1, 0.15) is 40.0 Å². The van der Waals surface area contributed by atoms with Gasteiger partial charge in [-0.3, -0.25) is 4.21 Å². The molecule has 0 saturated heterocycles. The molecular weight excluding hydrogens is 182 g/mol. The highest BCUT2D eigenvalue weighted by atomic mass is 32.2. The Morgan fingerprint density at radius 2 is 2.15 bits per heavy atom. The first-order valence-corrected chi connectivity index (χ1v) is 6.47. The van der Waals surface area contributed by atoms with Crippen molar-refractivity contribution < 1.29 is 4.21 Å². The highest BCUT2D eigenvalue weighted by Gasteiger charge is 2.35. The van der Waals surface area contributed by atoms with Crippen LogP contribution >= 0.6 is 0 Å². The molecule has 1 aliphatic rings. The molecule has 3 unspecified atom stereocenters. The molecule has 0 bridgehead atoms. The predicted molar refractivity (Wildman–Crippen MR) is 58.1 cm³/mol. The molecule has 0 radical (unpaired) electrons. The molecule has 1 fully saturated rings. The van der Waals surface area contributed by atoms with Gasteiger partial charge in [0.1, 0.15) is 0 Å². The van der Waals surface area contributed by atoms with E-state index in [4.69, 9.17) is 5.73 Å². The molecule has 1 saturated carbocycles. The summed E-state index contributed by atoms with van der Waals surface area (Å²) in [6.45, 7) is 6.47. The van der Waals surface area contributed by atoms with Gasteiger partial charge in [-0.05, 0) is 24.7 Å². The van der Waals surface area contributed by atoms with Gasteiger partial charge < -0.3 is 5.73 Å². The van der Waals surface area contributed by atoms with E-state index in [1.807, 2.05) is 6.92 Å². The lowest BCUT2D eigenvalue weighted by atomic mass is 9.75. The standard InChI is InChI=1S/C10H21NOS/c1-4-13(12)9-7-10(2,3)6-5-8(9)11/h8-9H,4-7,11H2,1-3H3. The van der Waals surface area contributed by atoms with Gasteiger partial charge in [-0.2, -0.15) is 0 Å². The average Bonchev–Trinajstić information content (AvgIpc) is 2.08. The third-order valence-electron chi connectivity index (χ3n) is 3.01. The van der Waals surface area contributed by atoms with Gasteiger partial charge in [0, 0.05) is 22.6 Å². The Balaban J connectivity index is 2.65. The van der Waals surface area contributed by atoms with Crippen molar-refractivity contribution in [2.45, 2.75) is 51.3 Å². The fraction of sp³-hybridized carbons (Fsp3) is 1.00. The van der Waals surface area contributed by atoms with Crippen molar-refractivity contribution in [1.82, 2.24) is 0 Å². The minimum Gasteiger partial charge on any atom is -0.327 e. The summed E-state index contributed by atoms with van der Waals surface area (Å²) in [7, 11) is -0.715. The molecule has 13 heavy (non-hydrogen) atoms. The summed E-state index contributed by atoms with van der Waals surface area (Å²) in [5.74, 6) is 0.744. The minimum absolute atomic E-state index is 0.161. The van der Waals surface area contributed by atoms with Crippen LogP contribution in [0.3, 0.4) is 0 Å². The Hall–Kier alpha value is 0.110. The third-order valence-corrected chi connectivity index (χ3v) is 4.77. The number of hydrogen-bond donors (Lipinski definition) is 1. The maximum atomic E-state index is 11.7. The van der Waals surface area contributed by atoms with Crippen LogP contribution in [0.25, 0.3) is 0 Å². The SMILES string of the molecule is CCS(=O)C1CC(C)(C)CCC1N. The summed E-state index contributed by atoms with van der Waals surface area (Å²) in [5.41, 5.74) is 6.32. The van der Waals surface area contributed by atoms with Gasteiger partial charge >= 0.3 is 0 Å². The minimum atomic E-state index is -0.715. The highest BCUT2D eigenvalue weighted by Crippen LogP contribution is 2.36. The van der Waals surface area contributed by atoms with Gasteiger partial charge in [-0.1, -0.05) is 20.8 Å². The summed E-state index contributed by atoms with van der Waals surface area (Å²) in [6, 6.07) is 0.161. The van der Waals surface area contributed by atoms with E-state index in [1.54, 1.807) is 0 Å². The fourth-order valence-corrected chi connectivity index (χ4v) is 3.63. The van der Waals surface area contributed by atoms with Crippen molar-refractivity contribution in [3.63, 3.8) is 0 Å². The lowest BCUT2D eigenvalue weighted by Crippen LogP contribution is -2.45. The van der Waals surface area contributed by atoms with Crippen LogP contribution in [0.2, 0.25) is 0 Å². The van der Waals surface area contributed by atoms with Crippen LogP contribution in [0.4, 0.5) is 0 Å². The van der Waals surface area contributed by atoms with Gasteiger partial charge in [0.25, 0.3) is 0 Å². The molecule has 0 heterocycles. The van der Waals surface area contributed by atoms with Crippen LogP contribution in [-0.2, 0) is 10.8 Å². The monoisotopic (exact) mass is 203 g/mol. The largest absolute Gasteiger partial charge is 0.327 e. The summed E-state index contributed by atoms with van der Waals surface area (Å²) < 4.78 is 11.7. The maximum absolute atomic E-state index is 11.7. The van der Waals surface area contributed by atoms with Crippen molar-refractivity contribution in [3.8, 4) is 0 Å². The van der Waals surface area contributed by atoms with E-state index in [0.717, 1.165) is 18.6 Å². The van der Waals surface area contributed by atoms with Crippen LogP contribution in [-0.4, -0.2) is 21.3 Å². The van der Waals surface area contributed by atoms with E-state index in [-0.39, 0.29) is 11.3 Å². The molecule has 0 aromatic rings. The number of hydrogen-bond acceptors (Lipinski definition) is 2. The van der Waals surface area contributed by atoms with Gasteiger partial charge in [-0.25, -0.2) is 0 Å². The molecule has 0 aromatic heterocycles. The number of rotatable bonds is 2. The number of nitrogens with two attached hydrogens (primary N) is 1. The average molecular weight is 203 g/mol. The zero-order valence-electron chi connectivity index (χ0n) is 8.88. The molecule has 0 amide bonds. The molecule has 3 heteroatoms. The first kappa shape index (κ1) is 11.2. The third kappa shape index (κ3) is 2.78. The van der Waals surface area contributed by atoms with Crippen molar-refractivity contribution in [3.05, 3.63) is 0 Å². The molecule has 0 aliphatic heterocycles. The van der Waals surface area contributed by atoms with E-state index in [2.05, 4.69) is 13.8 Å². The van der Waals surface area contributed by atoms with Crippen LogP contribution in [0, 0.1) is 5.41 Å². The summed E-state index contributed by atoms with van der Waals surface area (Å²) >= 11 is 0. The van der Waals surface area contributed by atoms with E-state index in [1.165, 1.54) is 6.42 Å². The predicted octanol–water partition coefficient (Wildman–Crippen LogP) is 1.66. The normalized spacial score (nSPS) is 35.7. The second-order valence-electron chi connectivity index (χ2n) is 4.78. The Kier molecular flexibility index (Phi) is 3.52. The van der Waals surface area contributed by atoms with Crippen molar-refractivity contribution >= 4 is 10.8 Å². The van der Waals surface area contributed by atoms with Gasteiger partial charge in [0.15, 0.2) is 0 Å². The van der Waals surface area contributed by atoms with Crippen LogP contribution in [0.15, 0.2) is 0 Å². The lowest BCUT2D eigenvalue weighted by Gasteiger charge is -2.38. The van der Waals surface area contributed by atoms with Crippen molar-refractivity contribution in [1.29, 1.82) is 0 Å². The van der Waals surface area contributed by atoms with Gasteiger partial charge in [-0.15, -0.1) is 0 Å². The first-order chi connectivity index (χ1) is 5.96. The maximum Gasteiger partial charge on any atom is 0.0504 e. The van der Waals surface area contributed by atoms with Gasteiger partial charge in [0.2, 0.25) is 0 Å². The van der Waals surface area contributed by atoms with Crippen LogP contribution < -0.4 is 5.73 Å². The molecule has 1 rings (SSSR count). The Labute approximate surface area is 83.7 Å². The van der Waals surface area contributed by atoms with Crippen LogP contribution in [0.5, 0.6) is 0 Å². The Morgan fingerprint density at radius 3 is 2.69 bits per heavy atom. The Morgan fingerprint density at radius 1 is 1.54 bits per heavy atom. The first-order valence-electron chi connectivity index (χ1n) is 5.09. The molecule has 1 aliphatic carbocycles. The van der Waals surface area contributed by atoms with Crippen molar-refractivity contribution in [2.75, 3.05) is 5.75 Å². The second kappa shape index (κ2) is 4.09. The summed E-state index contributed by atoms with van der Waals surface area (Å²) in [5, 5.41) is 0.230. The molecule has 0 aromatic carbocycles. The highest BCUT2D eigenvalue weighted by molar-refractivity contribution is 7.85. The molecule has 3 atom stereocenters. The van der Waals surface area contributed by atoms with Crippen molar-refractivity contribution in [2.24, 2.45) is 11.1 Å². The fourth-order valence-electron chi connectivity index (χ4n) is 2.04. The van der Waals surface area contributed by atoms with E-state index < -0.39 is 10.8 Å². The summed E-state index contributed by atoms with van der Waals surface area (Å²) in [4.78, 5) is 0. The second-order valence-corrected chi connectivity index (χ2v) is 6.72. The molecule has 2 N–H and O–H groups in total. The zero-order valence-corrected chi connectivity index (χ0v) is 9.69. The lowest BCUT2D eigenvalue weighted by molar-refractivity contribution is 0.230. The topological polar surface area (TPSA) is 43.1 Å². The molecule has 78 valence electrons. The van der Waals surface area contributed by atoms with E-state index in [0.29, 0.717) is 5.41 Å².